The molecule has 0 spiro atoms. The molecule has 0 unspecified atom stereocenters. The van der Waals surface area contributed by atoms with E-state index in [1.807, 2.05) is 12.3 Å². The quantitative estimate of drug-likeness (QED) is 0.467. The molecule has 0 fully saturated rings. The predicted octanol–water partition coefficient (Wildman–Crippen LogP) is 3.35. The molecule has 1 N–H and O–H groups in total. The zero-order valence-electron chi connectivity index (χ0n) is 14.2. The van der Waals surface area contributed by atoms with Gasteiger partial charge in [0.25, 0.3) is 0 Å². The fraction of sp³-hybridized carbons (Fsp3) is 0.529. The van der Waals surface area contributed by atoms with Crippen LogP contribution < -0.4 is 5.32 Å². The van der Waals surface area contributed by atoms with Crippen molar-refractivity contribution in [3.63, 3.8) is 0 Å². The number of benzene rings is 1. The van der Waals surface area contributed by atoms with E-state index in [2.05, 4.69) is 46.3 Å². The van der Waals surface area contributed by atoms with Crippen molar-refractivity contribution in [2.45, 2.75) is 22.9 Å². The van der Waals surface area contributed by atoms with Gasteiger partial charge in [-0.2, -0.15) is 0 Å². The molecule has 5 heteroatoms. The van der Waals surface area contributed by atoms with Crippen molar-refractivity contribution < 1.29 is 24.0 Å². The van der Waals surface area contributed by atoms with Crippen LogP contribution in [0.2, 0.25) is 9.95 Å². The third-order valence-corrected chi connectivity index (χ3v) is 8.58. The normalized spacial score (nSPS) is 11.4. The number of hydrogen-bond donors (Lipinski definition) is 1. The summed E-state index contributed by atoms with van der Waals surface area (Å²) in [5, 5.41) is 5.64. The Hall–Kier alpha value is -0.646. The Morgan fingerprint density at radius 2 is 1.86 bits per heavy atom. The molecule has 1 rings (SSSR count). The van der Waals surface area contributed by atoms with E-state index in [4.69, 9.17) is 6.64 Å². The van der Waals surface area contributed by atoms with Gasteiger partial charge in [-0.25, -0.2) is 0 Å². The predicted molar refractivity (Wildman–Crippen MR) is 89.2 cm³/mol. The van der Waals surface area contributed by atoms with Gasteiger partial charge in [0, 0.05) is 0 Å². The molecule has 0 amide bonds. The van der Waals surface area contributed by atoms with Gasteiger partial charge in [0.2, 0.25) is 0 Å². The van der Waals surface area contributed by atoms with Crippen LogP contribution in [0.25, 0.3) is 0 Å². The first-order valence-electron chi connectivity index (χ1n) is 7.85. The van der Waals surface area contributed by atoms with Crippen LogP contribution in [0.15, 0.2) is 43.1 Å². The van der Waals surface area contributed by atoms with Gasteiger partial charge in [-0.15, -0.1) is 0 Å². The van der Waals surface area contributed by atoms with Crippen LogP contribution >= 0.6 is 0 Å². The molecule has 0 heterocycles. The third-order valence-electron chi connectivity index (χ3n) is 3.91. The van der Waals surface area contributed by atoms with E-state index < -0.39 is 17.4 Å². The van der Waals surface area contributed by atoms with Gasteiger partial charge in [0.05, 0.1) is 0 Å². The summed E-state index contributed by atoms with van der Waals surface area (Å²) >= 11 is -2.41. The second kappa shape index (κ2) is 11.0. The molecule has 1 aromatic carbocycles. The van der Waals surface area contributed by atoms with Crippen molar-refractivity contribution in [1.82, 2.24) is 10.2 Å². The number of hydrogen-bond acceptors (Lipinski definition) is 4. The van der Waals surface area contributed by atoms with E-state index in [0.29, 0.717) is 0 Å². The Morgan fingerprint density at radius 3 is 2.45 bits per heavy atom. The molecule has 1 aromatic rings. The van der Waals surface area contributed by atoms with Gasteiger partial charge in [-0.05, 0) is 0 Å². The summed E-state index contributed by atoms with van der Waals surface area (Å²) in [6.07, 6.45) is 3.02. The maximum absolute atomic E-state index is 5.53. The van der Waals surface area contributed by atoms with Crippen molar-refractivity contribution in [1.29, 1.82) is 0 Å². The van der Waals surface area contributed by atoms with Crippen LogP contribution in [0, 0.1) is 0 Å². The fourth-order valence-corrected chi connectivity index (χ4v) is 4.40. The first-order chi connectivity index (χ1) is 10.6. The average Bonchev–Trinajstić information content (AvgIpc) is 2.57. The minimum atomic E-state index is -2.41. The van der Waals surface area contributed by atoms with Crippen LogP contribution in [-0.2, 0) is 30.5 Å². The number of nitrogens with one attached hydrogen (secondary N) is 1. The summed E-state index contributed by atoms with van der Waals surface area (Å²) in [6.45, 7) is 7.74. The Morgan fingerprint density at radius 1 is 1.18 bits per heavy atom. The van der Waals surface area contributed by atoms with Gasteiger partial charge in [-0.1, -0.05) is 0 Å². The van der Waals surface area contributed by atoms with Crippen LogP contribution in [0.3, 0.4) is 0 Å². The molecule has 0 aliphatic carbocycles. The number of nitrogens with zero attached hydrogens (tertiary/aromatic N) is 1. The van der Waals surface area contributed by atoms with E-state index in [9.17, 15) is 0 Å². The van der Waals surface area contributed by atoms with Crippen LogP contribution in [-0.4, -0.2) is 38.8 Å². The molecule has 4 nitrogen and oxygen atoms in total. The molecule has 0 atom stereocenters. The van der Waals surface area contributed by atoms with Crippen LogP contribution in [0.5, 0.6) is 0 Å². The summed E-state index contributed by atoms with van der Waals surface area (Å²) in [4.78, 5) is 2.23. The minimum absolute atomic E-state index is 0.909. The van der Waals surface area contributed by atoms with Gasteiger partial charge >= 0.3 is 140 Å². The number of rotatable bonds is 12. The maximum atomic E-state index is 5.53. The summed E-state index contributed by atoms with van der Waals surface area (Å²) in [7, 11) is 3.53. The van der Waals surface area contributed by atoms with Gasteiger partial charge < -0.3 is 0 Å². The summed E-state index contributed by atoms with van der Waals surface area (Å²) in [5.74, 6) is 0. The Labute approximate surface area is 139 Å². The Kier molecular flexibility index (Phi) is 9.68. The van der Waals surface area contributed by atoms with E-state index in [0.717, 1.165) is 37.3 Å². The first-order valence-corrected chi connectivity index (χ1v) is 11.8. The van der Waals surface area contributed by atoms with Crippen LogP contribution in [0.4, 0.5) is 0 Å². The zero-order chi connectivity index (χ0) is 16.3. The second-order valence-corrected chi connectivity index (χ2v) is 11.1. The third kappa shape index (κ3) is 7.57. The standard InChI is InChI=1S/C14H21N2.2CH3O.CH3.Ti/c1-3-10-15-11-12-16(4-2)13-14-8-6-5-7-9-14;2*1-2;;/h4-9,15H,1-3,10-13H2;2*1H3;1H3;/q;2*-1;;+2. The SMILES string of the molecule is C=CN(CCNCC[CH2][Ti]([CH3])([O]C)[O]C)Cc1ccccc1. The van der Waals surface area contributed by atoms with Crippen molar-refractivity contribution >= 4 is 0 Å². The molecule has 0 saturated carbocycles. The molecule has 0 aromatic heterocycles. The zero-order valence-corrected chi connectivity index (χ0v) is 15.7. The van der Waals surface area contributed by atoms with E-state index >= 15 is 0 Å². The van der Waals surface area contributed by atoms with E-state index in [-0.39, 0.29) is 0 Å². The van der Waals surface area contributed by atoms with Crippen molar-refractivity contribution in [2.75, 3.05) is 33.9 Å². The summed E-state index contributed by atoms with van der Waals surface area (Å²) in [6, 6.07) is 10.5. The summed E-state index contributed by atoms with van der Waals surface area (Å²) in [5.41, 5.74) is 1.31. The molecular weight excluding hydrogens is 312 g/mol. The summed E-state index contributed by atoms with van der Waals surface area (Å²) < 4.78 is 12.1. The average molecular weight is 342 g/mol. The molecule has 0 bridgehead atoms. The molecule has 0 radical (unpaired) electrons. The Bertz CT molecular complexity index is 410. The van der Waals surface area contributed by atoms with E-state index in [1.54, 1.807) is 14.2 Å². The second-order valence-electron chi connectivity index (χ2n) is 5.53. The topological polar surface area (TPSA) is 33.7 Å². The molecule has 124 valence electrons. The van der Waals surface area contributed by atoms with Gasteiger partial charge in [0.1, 0.15) is 0 Å². The Balaban J connectivity index is 2.16. The molecule has 0 saturated heterocycles. The van der Waals surface area contributed by atoms with Crippen molar-refractivity contribution in [3.8, 4) is 0 Å². The van der Waals surface area contributed by atoms with E-state index in [1.165, 1.54) is 5.56 Å². The molecule has 0 aliphatic heterocycles. The van der Waals surface area contributed by atoms with Gasteiger partial charge in [-0.3, -0.25) is 0 Å². The van der Waals surface area contributed by atoms with Crippen LogP contribution in [0.1, 0.15) is 12.0 Å². The fourth-order valence-electron chi connectivity index (χ4n) is 2.22. The van der Waals surface area contributed by atoms with Gasteiger partial charge in [0.15, 0.2) is 0 Å². The van der Waals surface area contributed by atoms with Crippen molar-refractivity contribution in [2.24, 2.45) is 0 Å². The van der Waals surface area contributed by atoms with Crippen molar-refractivity contribution in [3.05, 3.63) is 48.7 Å². The molecule has 22 heavy (non-hydrogen) atoms. The molecule has 0 aliphatic rings. The monoisotopic (exact) mass is 342 g/mol. The molecular formula is C17H30N2O2Ti. The first kappa shape index (κ1) is 19.4.